The highest BCUT2D eigenvalue weighted by molar-refractivity contribution is 14.0. The van der Waals surface area contributed by atoms with Crippen molar-refractivity contribution in [3.8, 4) is 11.5 Å². The summed E-state index contributed by atoms with van der Waals surface area (Å²) in [5.41, 5.74) is 1.25. The summed E-state index contributed by atoms with van der Waals surface area (Å²) in [6, 6.07) is 5.99. The average molecular weight is 532 g/mol. The van der Waals surface area contributed by atoms with Crippen molar-refractivity contribution in [2.24, 2.45) is 4.99 Å². The van der Waals surface area contributed by atoms with E-state index < -0.39 is 0 Å². The molecule has 1 aliphatic carbocycles. The fraction of sp³-hybridized carbons (Fsp3) is 0.667. The molecule has 1 aromatic rings. The second-order valence-electron chi connectivity index (χ2n) is 7.79. The van der Waals surface area contributed by atoms with Gasteiger partial charge in [-0.2, -0.15) is 11.8 Å². The van der Waals surface area contributed by atoms with Gasteiger partial charge in [0, 0.05) is 61.9 Å². The van der Waals surface area contributed by atoms with Gasteiger partial charge in [-0.25, -0.2) is 0 Å². The second kappa shape index (κ2) is 10.9. The van der Waals surface area contributed by atoms with E-state index in [0.717, 1.165) is 36.1 Å². The highest BCUT2D eigenvalue weighted by Crippen LogP contribution is 2.36. The molecule has 8 heteroatoms. The van der Waals surface area contributed by atoms with E-state index in [-0.39, 0.29) is 29.5 Å². The van der Waals surface area contributed by atoms with Crippen molar-refractivity contribution in [1.29, 1.82) is 0 Å². The van der Waals surface area contributed by atoms with E-state index in [1.165, 1.54) is 50.3 Å². The molecule has 0 amide bonds. The number of fused-ring (bicyclic) bond motifs is 1. The third kappa shape index (κ3) is 5.64. The van der Waals surface area contributed by atoms with Crippen LogP contribution in [0.15, 0.2) is 23.2 Å². The number of nitrogens with zero attached hydrogens (tertiary/aromatic N) is 2. The standard InChI is InChI=1S/C21H32N4O2S.HI/c1-22-20(24-17-5-6-18-19(15-17)27-12-4-11-26-18)23-16-21(7-2-3-8-21)25-9-13-28-14-10-25;/h5-6,15H,2-4,7-14,16H2,1H3,(H2,22,23,24);1H. The second-order valence-corrected chi connectivity index (χ2v) is 9.02. The molecule has 0 radical (unpaired) electrons. The van der Waals surface area contributed by atoms with Gasteiger partial charge in [0.05, 0.1) is 13.2 Å². The van der Waals surface area contributed by atoms with Gasteiger partial charge in [0.1, 0.15) is 0 Å². The number of hydrogen-bond acceptors (Lipinski definition) is 5. The maximum absolute atomic E-state index is 5.81. The van der Waals surface area contributed by atoms with Crippen LogP contribution in [-0.2, 0) is 0 Å². The summed E-state index contributed by atoms with van der Waals surface area (Å²) >= 11 is 2.08. The van der Waals surface area contributed by atoms with Gasteiger partial charge in [0.2, 0.25) is 0 Å². The largest absolute Gasteiger partial charge is 0.490 e. The summed E-state index contributed by atoms with van der Waals surface area (Å²) in [6.45, 7) is 4.77. The lowest BCUT2D eigenvalue weighted by Gasteiger charge is -2.43. The first-order valence-electron chi connectivity index (χ1n) is 10.5. The van der Waals surface area contributed by atoms with Crippen molar-refractivity contribution in [2.75, 3.05) is 56.7 Å². The monoisotopic (exact) mass is 532 g/mol. The van der Waals surface area contributed by atoms with E-state index >= 15 is 0 Å². The van der Waals surface area contributed by atoms with Crippen molar-refractivity contribution < 1.29 is 9.47 Å². The van der Waals surface area contributed by atoms with Crippen LogP contribution in [0.2, 0.25) is 0 Å². The lowest BCUT2D eigenvalue weighted by atomic mass is 9.94. The third-order valence-electron chi connectivity index (χ3n) is 6.03. The van der Waals surface area contributed by atoms with Crippen LogP contribution in [-0.4, -0.2) is 67.8 Å². The number of halogens is 1. The van der Waals surface area contributed by atoms with Gasteiger partial charge in [0.15, 0.2) is 17.5 Å². The van der Waals surface area contributed by atoms with E-state index in [4.69, 9.17) is 9.47 Å². The number of thioether (sulfide) groups is 1. The molecule has 29 heavy (non-hydrogen) atoms. The van der Waals surface area contributed by atoms with E-state index in [2.05, 4.69) is 32.3 Å². The van der Waals surface area contributed by atoms with Crippen molar-refractivity contribution in [2.45, 2.75) is 37.6 Å². The minimum absolute atomic E-state index is 0. The number of benzene rings is 1. The smallest absolute Gasteiger partial charge is 0.195 e. The number of ether oxygens (including phenoxy) is 2. The van der Waals surface area contributed by atoms with E-state index in [9.17, 15) is 0 Å². The fourth-order valence-corrected chi connectivity index (χ4v) is 5.38. The molecular formula is C21H33IN4O2S. The Morgan fingerprint density at radius 2 is 1.83 bits per heavy atom. The molecule has 0 unspecified atom stereocenters. The molecule has 0 atom stereocenters. The Labute approximate surface area is 195 Å². The van der Waals surface area contributed by atoms with Crippen LogP contribution in [0.4, 0.5) is 5.69 Å². The van der Waals surface area contributed by atoms with Crippen molar-refractivity contribution in [1.82, 2.24) is 10.2 Å². The topological polar surface area (TPSA) is 58.1 Å². The molecule has 6 nitrogen and oxygen atoms in total. The molecule has 0 aromatic heterocycles. The first kappa shape index (κ1) is 22.8. The molecule has 2 N–H and O–H groups in total. The lowest BCUT2D eigenvalue weighted by Crippen LogP contribution is -2.57. The van der Waals surface area contributed by atoms with Gasteiger partial charge in [-0.15, -0.1) is 24.0 Å². The third-order valence-corrected chi connectivity index (χ3v) is 6.98. The Bertz CT molecular complexity index is 691. The Hall–Kier alpha value is -0.870. The molecule has 4 rings (SSSR count). The fourth-order valence-electron chi connectivity index (χ4n) is 4.48. The summed E-state index contributed by atoms with van der Waals surface area (Å²) in [4.78, 5) is 7.18. The summed E-state index contributed by atoms with van der Waals surface area (Å²) in [7, 11) is 1.83. The molecule has 0 spiro atoms. The summed E-state index contributed by atoms with van der Waals surface area (Å²) < 4.78 is 11.5. The van der Waals surface area contributed by atoms with E-state index in [1.807, 2.05) is 25.2 Å². The number of rotatable bonds is 4. The van der Waals surface area contributed by atoms with Gasteiger partial charge in [-0.1, -0.05) is 12.8 Å². The minimum atomic E-state index is 0. The number of hydrogen-bond donors (Lipinski definition) is 2. The van der Waals surface area contributed by atoms with Crippen molar-refractivity contribution in [3.63, 3.8) is 0 Å². The first-order chi connectivity index (χ1) is 13.8. The van der Waals surface area contributed by atoms with Gasteiger partial charge in [0.25, 0.3) is 0 Å². The van der Waals surface area contributed by atoms with Crippen LogP contribution in [0, 0.1) is 0 Å². The predicted molar refractivity (Wildman–Crippen MR) is 133 cm³/mol. The van der Waals surface area contributed by atoms with Gasteiger partial charge >= 0.3 is 0 Å². The van der Waals surface area contributed by atoms with Crippen LogP contribution >= 0.6 is 35.7 Å². The zero-order valence-corrected chi connectivity index (χ0v) is 20.4. The Kier molecular flexibility index (Phi) is 8.61. The molecule has 2 aliphatic heterocycles. The quantitative estimate of drug-likeness (QED) is 0.350. The first-order valence-corrected chi connectivity index (χ1v) is 11.6. The van der Waals surface area contributed by atoms with Crippen LogP contribution < -0.4 is 20.1 Å². The summed E-state index contributed by atoms with van der Waals surface area (Å²) in [6.07, 6.45) is 6.15. The molecule has 0 bridgehead atoms. The molecule has 3 aliphatic rings. The van der Waals surface area contributed by atoms with E-state index in [1.54, 1.807) is 0 Å². The zero-order chi connectivity index (χ0) is 19.2. The number of guanidine groups is 1. The maximum atomic E-state index is 5.81. The van der Waals surface area contributed by atoms with Crippen molar-refractivity contribution in [3.05, 3.63) is 18.2 Å². The van der Waals surface area contributed by atoms with Crippen LogP contribution in [0.1, 0.15) is 32.1 Å². The Morgan fingerprint density at radius 3 is 2.55 bits per heavy atom. The highest BCUT2D eigenvalue weighted by atomic mass is 127. The normalized spacial score (nSPS) is 21.8. The van der Waals surface area contributed by atoms with E-state index in [0.29, 0.717) is 13.2 Å². The molecule has 1 saturated heterocycles. The molecule has 1 aromatic carbocycles. The number of nitrogens with one attached hydrogen (secondary N) is 2. The molecule has 162 valence electrons. The Balaban J connectivity index is 0.00000240. The van der Waals surface area contributed by atoms with Crippen molar-refractivity contribution >= 4 is 47.4 Å². The Morgan fingerprint density at radius 1 is 1.10 bits per heavy atom. The molecule has 2 fully saturated rings. The van der Waals surface area contributed by atoms with Gasteiger partial charge in [-0.05, 0) is 25.0 Å². The van der Waals surface area contributed by atoms with Crippen LogP contribution in [0.3, 0.4) is 0 Å². The summed E-state index contributed by atoms with van der Waals surface area (Å²) in [5, 5.41) is 7.03. The number of aliphatic imine (C=N–C) groups is 1. The maximum Gasteiger partial charge on any atom is 0.195 e. The van der Waals surface area contributed by atoms with Gasteiger partial charge < -0.3 is 20.1 Å². The minimum Gasteiger partial charge on any atom is -0.490 e. The molecule has 1 saturated carbocycles. The number of anilines is 1. The van der Waals surface area contributed by atoms with Gasteiger partial charge in [-0.3, -0.25) is 9.89 Å². The van der Waals surface area contributed by atoms with Crippen LogP contribution in [0.25, 0.3) is 0 Å². The summed E-state index contributed by atoms with van der Waals surface area (Å²) in [5.74, 6) is 4.94. The molecular weight excluding hydrogens is 499 g/mol. The zero-order valence-electron chi connectivity index (χ0n) is 17.2. The lowest BCUT2D eigenvalue weighted by molar-refractivity contribution is 0.107. The molecule has 2 heterocycles. The predicted octanol–water partition coefficient (Wildman–Crippen LogP) is 3.81. The highest BCUT2D eigenvalue weighted by Gasteiger charge is 2.40. The average Bonchev–Trinajstić information content (AvgIpc) is 3.11. The SMILES string of the molecule is CN=C(NCC1(N2CCSCC2)CCCC1)Nc1ccc2c(c1)OCCCO2.I. The van der Waals surface area contributed by atoms with Crippen LogP contribution in [0.5, 0.6) is 11.5 Å².